The van der Waals surface area contributed by atoms with Crippen molar-refractivity contribution < 1.29 is 5.11 Å². The van der Waals surface area contributed by atoms with Gasteiger partial charge in [0.15, 0.2) is 0 Å². The Labute approximate surface area is 68.5 Å². The van der Waals surface area contributed by atoms with Gasteiger partial charge in [0.25, 0.3) is 0 Å². The van der Waals surface area contributed by atoms with Crippen LogP contribution in [0.4, 0.5) is 0 Å². The zero-order valence-electron chi connectivity index (χ0n) is 5.06. The summed E-state index contributed by atoms with van der Waals surface area (Å²) in [5.41, 5.74) is 0. The Hall–Kier alpha value is 0.730. The summed E-state index contributed by atoms with van der Waals surface area (Å²) in [4.78, 5) is 0.420. The lowest BCUT2D eigenvalue weighted by molar-refractivity contribution is 0.136. The minimum atomic E-state index is -0.189. The molecule has 1 N–H and O–H groups in total. The summed E-state index contributed by atoms with van der Waals surface area (Å²) in [7, 11) is 0. The monoisotopic (exact) mass is 212 g/mol. The van der Waals surface area contributed by atoms with Crippen LogP contribution in [0.3, 0.4) is 0 Å². The summed E-state index contributed by atoms with van der Waals surface area (Å²) < 4.78 is 0. The van der Waals surface area contributed by atoms with Crippen LogP contribution < -0.4 is 0 Å². The average Bonchev–Trinajstić information content (AvgIpc) is 1.59. The Morgan fingerprint density at radius 1 is 1.33 bits per heavy atom. The van der Waals surface area contributed by atoms with Crippen molar-refractivity contribution in [1.29, 1.82) is 0 Å². The molecule has 0 spiro atoms. The van der Waals surface area contributed by atoms with Crippen LogP contribution in [0.2, 0.25) is 0 Å². The van der Waals surface area contributed by atoms with Gasteiger partial charge in [-0.15, -0.1) is 11.6 Å². The van der Waals surface area contributed by atoms with E-state index < -0.39 is 0 Å². The van der Waals surface area contributed by atoms with Gasteiger partial charge >= 0.3 is 0 Å². The first-order valence-corrected chi connectivity index (χ1v) is 4.50. The number of alkyl halides is 2. The lowest BCUT2D eigenvalue weighted by Gasteiger charge is -2.25. The number of rotatable bonds is 0. The summed E-state index contributed by atoms with van der Waals surface area (Å²) >= 11 is 9.24. The Bertz CT molecular complexity index is 74.0. The van der Waals surface area contributed by atoms with Crippen molar-refractivity contribution in [2.45, 2.75) is 35.6 Å². The van der Waals surface area contributed by atoms with Crippen molar-refractivity contribution in [2.24, 2.45) is 0 Å². The fourth-order valence-electron chi connectivity index (χ4n) is 1.16. The van der Waals surface area contributed by atoms with Gasteiger partial charge in [0.1, 0.15) is 0 Å². The van der Waals surface area contributed by atoms with Gasteiger partial charge in [0.2, 0.25) is 0 Å². The van der Waals surface area contributed by atoms with Gasteiger partial charge in [-0.25, -0.2) is 0 Å². The number of hydrogen-bond acceptors (Lipinski definition) is 1. The molecule has 0 aliphatic heterocycles. The van der Waals surface area contributed by atoms with Crippen molar-refractivity contribution >= 4 is 27.5 Å². The predicted octanol–water partition coefficient (Wildman–Crippen LogP) is 1.90. The summed E-state index contributed by atoms with van der Waals surface area (Å²) in [5.74, 6) is 0. The molecule has 1 fully saturated rings. The first kappa shape index (κ1) is 7.83. The van der Waals surface area contributed by atoms with Crippen LogP contribution in [0.15, 0.2) is 0 Å². The van der Waals surface area contributed by atoms with Crippen LogP contribution >= 0.6 is 27.5 Å². The van der Waals surface area contributed by atoms with E-state index in [0.717, 1.165) is 19.3 Å². The van der Waals surface area contributed by atoms with Gasteiger partial charge in [-0.3, -0.25) is 0 Å². The molecule has 0 saturated heterocycles. The van der Waals surface area contributed by atoms with E-state index in [0.29, 0.717) is 4.83 Å². The molecule has 0 aromatic carbocycles. The standard InChI is InChI=1S/C6H10BrClO/c7-4-1-5(8)3-6(9)2-4/h4-6,9H,1-3H2. The molecule has 1 aliphatic rings. The summed E-state index contributed by atoms with van der Waals surface area (Å²) in [6, 6.07) is 0. The Morgan fingerprint density at radius 3 is 2.44 bits per heavy atom. The van der Waals surface area contributed by atoms with E-state index >= 15 is 0 Å². The third kappa shape index (κ3) is 2.44. The predicted molar refractivity (Wildman–Crippen MR) is 42.2 cm³/mol. The number of halogens is 2. The lowest BCUT2D eigenvalue weighted by atomic mass is 9.97. The van der Waals surface area contributed by atoms with Crippen LogP contribution in [0.5, 0.6) is 0 Å². The maximum absolute atomic E-state index is 9.14. The first-order valence-electron chi connectivity index (χ1n) is 3.14. The average molecular weight is 214 g/mol. The molecular formula is C6H10BrClO. The molecule has 3 atom stereocenters. The molecular weight excluding hydrogens is 203 g/mol. The van der Waals surface area contributed by atoms with Gasteiger partial charge in [-0.1, -0.05) is 15.9 Å². The summed E-state index contributed by atoms with van der Waals surface area (Å²) in [6.07, 6.45) is 2.40. The smallest absolute Gasteiger partial charge is 0.0565 e. The molecule has 0 aromatic heterocycles. The van der Waals surface area contributed by atoms with Crippen LogP contribution in [0.25, 0.3) is 0 Å². The van der Waals surface area contributed by atoms with Crippen molar-refractivity contribution in [2.75, 3.05) is 0 Å². The molecule has 1 rings (SSSR count). The van der Waals surface area contributed by atoms with E-state index in [4.69, 9.17) is 16.7 Å². The minimum Gasteiger partial charge on any atom is -0.393 e. The number of aliphatic hydroxyl groups is 1. The zero-order chi connectivity index (χ0) is 6.85. The van der Waals surface area contributed by atoms with Gasteiger partial charge in [0, 0.05) is 10.2 Å². The highest BCUT2D eigenvalue weighted by Crippen LogP contribution is 2.27. The van der Waals surface area contributed by atoms with E-state index in [9.17, 15) is 0 Å². The van der Waals surface area contributed by atoms with E-state index in [2.05, 4.69) is 15.9 Å². The van der Waals surface area contributed by atoms with Gasteiger partial charge in [-0.05, 0) is 19.3 Å². The van der Waals surface area contributed by atoms with E-state index in [1.54, 1.807) is 0 Å². The quantitative estimate of drug-likeness (QED) is 0.610. The lowest BCUT2D eigenvalue weighted by Crippen LogP contribution is -2.26. The molecule has 3 unspecified atom stereocenters. The molecule has 9 heavy (non-hydrogen) atoms. The molecule has 0 bridgehead atoms. The Balaban J connectivity index is 2.34. The third-order valence-electron chi connectivity index (χ3n) is 1.57. The molecule has 0 amide bonds. The molecule has 1 nitrogen and oxygen atoms in total. The highest BCUT2D eigenvalue weighted by Gasteiger charge is 2.24. The highest BCUT2D eigenvalue weighted by atomic mass is 79.9. The van der Waals surface area contributed by atoms with Gasteiger partial charge in [0.05, 0.1) is 6.10 Å². The molecule has 0 heterocycles. The minimum absolute atomic E-state index is 0.165. The third-order valence-corrected chi connectivity index (χ3v) is 2.67. The maximum atomic E-state index is 9.14. The van der Waals surface area contributed by atoms with Crippen LogP contribution in [0, 0.1) is 0 Å². The van der Waals surface area contributed by atoms with Crippen molar-refractivity contribution in [3.63, 3.8) is 0 Å². The molecule has 54 valence electrons. The number of hydrogen-bond donors (Lipinski definition) is 1. The topological polar surface area (TPSA) is 20.2 Å². The second-order valence-corrected chi connectivity index (χ2v) is 4.47. The van der Waals surface area contributed by atoms with E-state index in [1.807, 2.05) is 0 Å². The SMILES string of the molecule is OC1CC(Cl)CC(Br)C1. The van der Waals surface area contributed by atoms with Crippen LogP contribution in [-0.4, -0.2) is 21.4 Å². The maximum Gasteiger partial charge on any atom is 0.0565 e. The van der Waals surface area contributed by atoms with Crippen LogP contribution in [-0.2, 0) is 0 Å². The second-order valence-electron chi connectivity index (χ2n) is 2.56. The van der Waals surface area contributed by atoms with E-state index in [-0.39, 0.29) is 11.5 Å². The number of aliphatic hydroxyl groups excluding tert-OH is 1. The molecule has 3 heteroatoms. The highest BCUT2D eigenvalue weighted by molar-refractivity contribution is 9.09. The van der Waals surface area contributed by atoms with Gasteiger partial charge < -0.3 is 5.11 Å². The second kappa shape index (κ2) is 3.22. The van der Waals surface area contributed by atoms with Crippen molar-refractivity contribution in [3.8, 4) is 0 Å². The van der Waals surface area contributed by atoms with Crippen molar-refractivity contribution in [3.05, 3.63) is 0 Å². The molecule has 1 saturated carbocycles. The molecule has 0 radical (unpaired) electrons. The normalized spacial score (nSPS) is 45.0. The van der Waals surface area contributed by atoms with Crippen molar-refractivity contribution in [1.82, 2.24) is 0 Å². The van der Waals surface area contributed by atoms with Gasteiger partial charge in [-0.2, -0.15) is 0 Å². The fourth-order valence-corrected chi connectivity index (χ4v) is 2.68. The summed E-state index contributed by atoms with van der Waals surface area (Å²) in [6.45, 7) is 0. The fraction of sp³-hybridized carbons (Fsp3) is 1.00. The van der Waals surface area contributed by atoms with Crippen LogP contribution in [0.1, 0.15) is 19.3 Å². The van der Waals surface area contributed by atoms with E-state index in [1.165, 1.54) is 0 Å². The Morgan fingerprint density at radius 2 is 2.00 bits per heavy atom. The Kier molecular flexibility index (Phi) is 2.80. The molecule has 1 aliphatic carbocycles. The largest absolute Gasteiger partial charge is 0.393 e. The summed E-state index contributed by atoms with van der Waals surface area (Å²) in [5, 5.41) is 9.30. The molecule has 0 aromatic rings. The zero-order valence-corrected chi connectivity index (χ0v) is 7.40. The first-order chi connectivity index (χ1) is 4.18.